The summed E-state index contributed by atoms with van der Waals surface area (Å²) >= 11 is 0. The number of rotatable bonds is 5. The van der Waals surface area contributed by atoms with Gasteiger partial charge in [0.2, 0.25) is 10.0 Å². The van der Waals surface area contributed by atoms with Crippen molar-refractivity contribution in [3.8, 4) is 6.07 Å². The molecule has 0 aliphatic rings. The van der Waals surface area contributed by atoms with Gasteiger partial charge in [0.15, 0.2) is 5.75 Å². The first-order chi connectivity index (χ1) is 7.55. The Kier molecular flexibility index (Phi) is 4.47. The van der Waals surface area contributed by atoms with E-state index in [1.807, 2.05) is 37.3 Å². The van der Waals surface area contributed by atoms with E-state index in [1.54, 1.807) is 6.07 Å². The summed E-state index contributed by atoms with van der Waals surface area (Å²) in [5.41, 5.74) is 1.07. The van der Waals surface area contributed by atoms with Crippen LogP contribution < -0.4 is 4.72 Å². The van der Waals surface area contributed by atoms with Crippen LogP contribution in [0.5, 0.6) is 0 Å². The van der Waals surface area contributed by atoms with Crippen LogP contribution in [-0.4, -0.2) is 20.7 Å². The van der Waals surface area contributed by atoms with Crippen LogP contribution in [0.1, 0.15) is 18.4 Å². The molecule has 5 heteroatoms. The van der Waals surface area contributed by atoms with Gasteiger partial charge < -0.3 is 0 Å². The van der Waals surface area contributed by atoms with Crippen LogP contribution in [0.3, 0.4) is 0 Å². The highest BCUT2D eigenvalue weighted by atomic mass is 32.2. The zero-order valence-corrected chi connectivity index (χ0v) is 9.87. The van der Waals surface area contributed by atoms with E-state index in [-0.39, 0.29) is 5.92 Å². The minimum Gasteiger partial charge on any atom is -0.214 e. The molecule has 1 N–H and O–H groups in total. The van der Waals surface area contributed by atoms with Crippen molar-refractivity contribution in [3.05, 3.63) is 35.9 Å². The van der Waals surface area contributed by atoms with Crippen molar-refractivity contribution in [1.82, 2.24) is 4.72 Å². The van der Waals surface area contributed by atoms with E-state index in [0.29, 0.717) is 6.54 Å². The first kappa shape index (κ1) is 12.7. The first-order valence-electron chi connectivity index (χ1n) is 4.94. The van der Waals surface area contributed by atoms with Crippen molar-refractivity contribution in [2.45, 2.75) is 12.8 Å². The van der Waals surface area contributed by atoms with Crippen molar-refractivity contribution in [2.24, 2.45) is 0 Å². The van der Waals surface area contributed by atoms with Crippen LogP contribution in [-0.2, 0) is 10.0 Å². The lowest BCUT2D eigenvalue weighted by atomic mass is 10.0. The Labute approximate surface area is 96.0 Å². The molecule has 1 atom stereocenters. The lowest BCUT2D eigenvalue weighted by Crippen LogP contribution is -2.29. The number of nitrogens with one attached hydrogen (secondary N) is 1. The average Bonchev–Trinajstić information content (AvgIpc) is 2.27. The summed E-state index contributed by atoms with van der Waals surface area (Å²) in [6.07, 6.45) is 0. The van der Waals surface area contributed by atoms with E-state index in [9.17, 15) is 8.42 Å². The minimum atomic E-state index is -3.45. The molecule has 86 valence electrons. The van der Waals surface area contributed by atoms with Crippen LogP contribution in [0.15, 0.2) is 30.3 Å². The maximum absolute atomic E-state index is 11.2. The van der Waals surface area contributed by atoms with Crippen LogP contribution in [0.25, 0.3) is 0 Å². The number of nitriles is 1. The molecule has 0 saturated carbocycles. The summed E-state index contributed by atoms with van der Waals surface area (Å²) in [6.45, 7) is 2.25. The average molecular weight is 238 g/mol. The Morgan fingerprint density at radius 1 is 1.38 bits per heavy atom. The molecule has 16 heavy (non-hydrogen) atoms. The Hall–Kier alpha value is -1.38. The van der Waals surface area contributed by atoms with Gasteiger partial charge in [0.05, 0.1) is 6.07 Å². The summed E-state index contributed by atoms with van der Waals surface area (Å²) in [6, 6.07) is 11.3. The number of nitrogens with zero attached hydrogens (tertiary/aromatic N) is 1. The third-order valence-corrected chi connectivity index (χ3v) is 3.35. The third kappa shape index (κ3) is 4.01. The third-order valence-electron chi connectivity index (χ3n) is 2.23. The van der Waals surface area contributed by atoms with Crippen molar-refractivity contribution < 1.29 is 8.42 Å². The highest BCUT2D eigenvalue weighted by Crippen LogP contribution is 2.13. The molecule has 4 nitrogen and oxygen atoms in total. The lowest BCUT2D eigenvalue weighted by Gasteiger charge is -2.12. The van der Waals surface area contributed by atoms with Gasteiger partial charge in [-0.05, 0) is 11.5 Å². The van der Waals surface area contributed by atoms with E-state index >= 15 is 0 Å². The fourth-order valence-electron chi connectivity index (χ4n) is 1.29. The molecule has 0 aliphatic carbocycles. The SMILES string of the molecule is CC(CNS(=O)(=O)CC#N)c1ccccc1. The molecule has 0 saturated heterocycles. The number of hydrogen-bond donors (Lipinski definition) is 1. The lowest BCUT2D eigenvalue weighted by molar-refractivity contribution is 0.578. The summed E-state index contributed by atoms with van der Waals surface area (Å²) in [5, 5.41) is 8.31. The van der Waals surface area contributed by atoms with Gasteiger partial charge in [-0.2, -0.15) is 5.26 Å². The Balaban J connectivity index is 2.55. The molecular formula is C11H14N2O2S. The summed E-state index contributed by atoms with van der Waals surface area (Å²) < 4.78 is 24.9. The van der Waals surface area contributed by atoms with Crippen molar-refractivity contribution in [1.29, 1.82) is 5.26 Å². The summed E-state index contributed by atoms with van der Waals surface area (Å²) in [7, 11) is -3.45. The molecule has 1 rings (SSSR count). The van der Waals surface area contributed by atoms with E-state index in [1.165, 1.54) is 0 Å². The predicted octanol–water partition coefficient (Wildman–Crippen LogP) is 1.23. The normalized spacial score (nSPS) is 13.0. The molecule has 0 radical (unpaired) electrons. The van der Waals surface area contributed by atoms with Crippen LogP contribution in [0.4, 0.5) is 0 Å². The second-order valence-electron chi connectivity index (χ2n) is 3.58. The van der Waals surface area contributed by atoms with Gasteiger partial charge in [0.1, 0.15) is 0 Å². The number of benzene rings is 1. The Bertz CT molecular complexity index is 463. The highest BCUT2D eigenvalue weighted by molar-refractivity contribution is 7.89. The minimum absolute atomic E-state index is 0.0923. The first-order valence-corrected chi connectivity index (χ1v) is 6.59. The molecule has 1 unspecified atom stereocenters. The van der Waals surface area contributed by atoms with E-state index in [0.717, 1.165) is 5.56 Å². The van der Waals surface area contributed by atoms with Crippen LogP contribution >= 0.6 is 0 Å². The summed E-state index contributed by atoms with van der Waals surface area (Å²) in [5.74, 6) is -0.399. The zero-order chi connectivity index (χ0) is 12.0. The monoisotopic (exact) mass is 238 g/mol. The Morgan fingerprint density at radius 3 is 2.56 bits per heavy atom. The molecular weight excluding hydrogens is 224 g/mol. The van der Waals surface area contributed by atoms with Gasteiger partial charge in [-0.3, -0.25) is 0 Å². The molecule has 0 bridgehead atoms. The van der Waals surface area contributed by atoms with Gasteiger partial charge in [0, 0.05) is 6.54 Å². The molecule has 0 fully saturated rings. The van der Waals surface area contributed by atoms with Crippen LogP contribution in [0.2, 0.25) is 0 Å². The Morgan fingerprint density at radius 2 is 2.00 bits per heavy atom. The van der Waals surface area contributed by atoms with Gasteiger partial charge in [-0.25, -0.2) is 13.1 Å². The molecule has 0 spiro atoms. The van der Waals surface area contributed by atoms with Gasteiger partial charge in [-0.15, -0.1) is 0 Å². The van der Waals surface area contributed by atoms with Crippen LogP contribution in [0, 0.1) is 11.3 Å². The molecule has 0 amide bonds. The van der Waals surface area contributed by atoms with E-state index < -0.39 is 15.8 Å². The van der Waals surface area contributed by atoms with Gasteiger partial charge >= 0.3 is 0 Å². The van der Waals surface area contributed by atoms with Crippen molar-refractivity contribution in [2.75, 3.05) is 12.3 Å². The molecule has 0 aromatic heterocycles. The van der Waals surface area contributed by atoms with Gasteiger partial charge in [0.25, 0.3) is 0 Å². The maximum Gasteiger partial charge on any atom is 0.225 e. The molecule has 1 aromatic carbocycles. The van der Waals surface area contributed by atoms with Crippen molar-refractivity contribution >= 4 is 10.0 Å². The molecule has 1 aromatic rings. The second-order valence-corrected chi connectivity index (χ2v) is 5.38. The quantitative estimate of drug-likeness (QED) is 0.838. The highest BCUT2D eigenvalue weighted by Gasteiger charge is 2.12. The second kappa shape index (κ2) is 5.64. The predicted molar refractivity (Wildman–Crippen MR) is 62.3 cm³/mol. The fraction of sp³-hybridized carbons (Fsp3) is 0.364. The topological polar surface area (TPSA) is 70.0 Å². The maximum atomic E-state index is 11.2. The number of hydrogen-bond acceptors (Lipinski definition) is 3. The zero-order valence-electron chi connectivity index (χ0n) is 9.05. The van der Waals surface area contributed by atoms with E-state index in [2.05, 4.69) is 4.72 Å². The van der Waals surface area contributed by atoms with Crippen molar-refractivity contribution in [3.63, 3.8) is 0 Å². The molecule has 0 aliphatic heterocycles. The van der Waals surface area contributed by atoms with E-state index in [4.69, 9.17) is 5.26 Å². The largest absolute Gasteiger partial charge is 0.225 e. The van der Waals surface area contributed by atoms with Gasteiger partial charge in [-0.1, -0.05) is 37.3 Å². The standard InChI is InChI=1S/C11H14N2O2S/c1-10(11-5-3-2-4-6-11)9-13-16(14,15)8-7-12/h2-6,10,13H,8-9H2,1H3. The molecule has 0 heterocycles. The fourth-order valence-corrected chi connectivity index (χ4v) is 2.06. The number of sulfonamides is 1. The summed E-state index contributed by atoms with van der Waals surface area (Å²) in [4.78, 5) is 0. The smallest absolute Gasteiger partial charge is 0.214 e.